The minimum absolute atomic E-state index is 0.568. The zero-order valence-corrected chi connectivity index (χ0v) is 12.2. The molecule has 0 bridgehead atoms. The SMILES string of the molecule is NCc1ccc(OCCCn2cc(I)cn2)cc1. The van der Waals surface area contributed by atoms with Gasteiger partial charge in [-0.3, -0.25) is 4.68 Å². The molecule has 0 saturated carbocycles. The average molecular weight is 357 g/mol. The van der Waals surface area contributed by atoms with Crippen LogP contribution in [-0.4, -0.2) is 16.4 Å². The third-order valence-corrected chi connectivity index (χ3v) is 3.12. The van der Waals surface area contributed by atoms with Crippen molar-refractivity contribution in [3.05, 3.63) is 45.8 Å². The van der Waals surface area contributed by atoms with Gasteiger partial charge in [0.25, 0.3) is 0 Å². The number of ether oxygens (including phenoxy) is 1. The normalized spacial score (nSPS) is 10.6. The summed E-state index contributed by atoms with van der Waals surface area (Å²) in [6, 6.07) is 7.90. The highest BCUT2D eigenvalue weighted by atomic mass is 127. The summed E-state index contributed by atoms with van der Waals surface area (Å²) in [5, 5.41) is 4.22. The van der Waals surface area contributed by atoms with E-state index in [-0.39, 0.29) is 0 Å². The first-order valence-corrected chi connectivity index (χ1v) is 6.95. The van der Waals surface area contributed by atoms with E-state index in [0.29, 0.717) is 13.2 Å². The highest BCUT2D eigenvalue weighted by Gasteiger charge is 1.97. The molecule has 2 aromatic rings. The Morgan fingerprint density at radius 1 is 1.28 bits per heavy atom. The molecule has 5 heteroatoms. The summed E-state index contributed by atoms with van der Waals surface area (Å²) in [6.07, 6.45) is 4.82. The summed E-state index contributed by atoms with van der Waals surface area (Å²) in [4.78, 5) is 0. The van der Waals surface area contributed by atoms with Gasteiger partial charge in [-0.1, -0.05) is 12.1 Å². The van der Waals surface area contributed by atoms with Crippen molar-refractivity contribution in [2.24, 2.45) is 5.73 Å². The van der Waals surface area contributed by atoms with Crippen LogP contribution in [0.15, 0.2) is 36.7 Å². The molecule has 0 fully saturated rings. The summed E-state index contributed by atoms with van der Waals surface area (Å²) < 4.78 is 8.74. The Labute approximate surface area is 120 Å². The molecule has 1 aromatic carbocycles. The maximum absolute atomic E-state index is 5.65. The zero-order chi connectivity index (χ0) is 12.8. The van der Waals surface area contributed by atoms with Gasteiger partial charge < -0.3 is 10.5 Å². The molecule has 0 aliphatic rings. The lowest BCUT2D eigenvalue weighted by molar-refractivity contribution is 0.298. The molecule has 1 aromatic heterocycles. The molecule has 0 aliphatic heterocycles. The van der Waals surface area contributed by atoms with E-state index in [0.717, 1.165) is 27.8 Å². The molecule has 0 aliphatic carbocycles. The number of aryl methyl sites for hydroxylation is 1. The van der Waals surface area contributed by atoms with Gasteiger partial charge >= 0.3 is 0 Å². The largest absolute Gasteiger partial charge is 0.494 e. The van der Waals surface area contributed by atoms with E-state index in [4.69, 9.17) is 10.5 Å². The lowest BCUT2D eigenvalue weighted by Gasteiger charge is -2.06. The Balaban J connectivity index is 1.71. The molecule has 0 saturated heterocycles. The predicted molar refractivity (Wildman–Crippen MR) is 79.4 cm³/mol. The molecular weight excluding hydrogens is 341 g/mol. The van der Waals surface area contributed by atoms with Crippen LogP contribution in [0.2, 0.25) is 0 Å². The Bertz CT molecular complexity index is 481. The van der Waals surface area contributed by atoms with Crippen molar-refractivity contribution in [1.29, 1.82) is 0 Å². The van der Waals surface area contributed by atoms with Gasteiger partial charge in [-0.25, -0.2) is 0 Å². The predicted octanol–water partition coefficient (Wildman–Crippen LogP) is 2.42. The van der Waals surface area contributed by atoms with Gasteiger partial charge in [-0.15, -0.1) is 0 Å². The lowest BCUT2D eigenvalue weighted by Crippen LogP contribution is -2.05. The van der Waals surface area contributed by atoms with Crippen LogP contribution in [0.25, 0.3) is 0 Å². The lowest BCUT2D eigenvalue weighted by atomic mass is 10.2. The average Bonchev–Trinajstić information content (AvgIpc) is 2.81. The first-order chi connectivity index (χ1) is 8.78. The van der Waals surface area contributed by atoms with Crippen molar-refractivity contribution in [3.8, 4) is 5.75 Å². The molecule has 0 spiro atoms. The van der Waals surface area contributed by atoms with Crippen molar-refractivity contribution in [1.82, 2.24) is 9.78 Å². The number of hydrogen-bond acceptors (Lipinski definition) is 3. The van der Waals surface area contributed by atoms with E-state index in [1.807, 2.05) is 41.3 Å². The molecule has 96 valence electrons. The molecule has 1 heterocycles. The second kappa shape index (κ2) is 6.75. The third-order valence-electron chi connectivity index (χ3n) is 2.56. The maximum Gasteiger partial charge on any atom is 0.119 e. The number of aromatic nitrogens is 2. The standard InChI is InChI=1S/C13H16IN3O/c14-12-9-16-17(10-12)6-1-7-18-13-4-2-11(8-15)3-5-13/h2-5,9-10H,1,6-8,15H2. The summed E-state index contributed by atoms with van der Waals surface area (Å²) in [5.41, 5.74) is 6.66. The highest BCUT2D eigenvalue weighted by molar-refractivity contribution is 14.1. The fourth-order valence-electron chi connectivity index (χ4n) is 1.60. The second-order valence-corrected chi connectivity index (χ2v) is 5.22. The van der Waals surface area contributed by atoms with Crippen molar-refractivity contribution in [2.75, 3.05) is 6.61 Å². The van der Waals surface area contributed by atoms with Crippen LogP contribution in [0.1, 0.15) is 12.0 Å². The Kier molecular flexibility index (Phi) is 5.00. The molecule has 0 unspecified atom stereocenters. The van der Waals surface area contributed by atoms with Crippen LogP contribution in [-0.2, 0) is 13.1 Å². The summed E-state index contributed by atoms with van der Waals surface area (Å²) in [7, 11) is 0. The summed E-state index contributed by atoms with van der Waals surface area (Å²) >= 11 is 2.25. The van der Waals surface area contributed by atoms with Crippen LogP contribution >= 0.6 is 22.6 Å². The smallest absolute Gasteiger partial charge is 0.119 e. The van der Waals surface area contributed by atoms with E-state index < -0.39 is 0 Å². The first kappa shape index (κ1) is 13.4. The van der Waals surface area contributed by atoms with Crippen molar-refractivity contribution < 1.29 is 4.74 Å². The number of nitrogens with two attached hydrogens (primary N) is 1. The van der Waals surface area contributed by atoms with Crippen LogP contribution in [0.5, 0.6) is 5.75 Å². The Hall–Kier alpha value is -1.08. The van der Waals surface area contributed by atoms with Gasteiger partial charge in [0.2, 0.25) is 0 Å². The summed E-state index contributed by atoms with van der Waals surface area (Å²) in [6.45, 7) is 2.14. The zero-order valence-electron chi connectivity index (χ0n) is 10.1. The van der Waals surface area contributed by atoms with Crippen molar-refractivity contribution in [3.63, 3.8) is 0 Å². The number of nitrogens with zero attached hydrogens (tertiary/aromatic N) is 2. The highest BCUT2D eigenvalue weighted by Crippen LogP contribution is 2.12. The molecule has 0 radical (unpaired) electrons. The topological polar surface area (TPSA) is 53.1 Å². The van der Waals surface area contributed by atoms with Gasteiger partial charge in [0.15, 0.2) is 0 Å². The van der Waals surface area contributed by atoms with Crippen LogP contribution in [0.4, 0.5) is 0 Å². The van der Waals surface area contributed by atoms with E-state index in [9.17, 15) is 0 Å². The number of halogens is 1. The Morgan fingerprint density at radius 3 is 2.67 bits per heavy atom. The molecule has 2 N–H and O–H groups in total. The minimum atomic E-state index is 0.568. The van der Waals surface area contributed by atoms with Gasteiger partial charge in [-0.05, 0) is 40.3 Å². The van der Waals surface area contributed by atoms with E-state index in [1.54, 1.807) is 0 Å². The fourth-order valence-corrected chi connectivity index (χ4v) is 2.05. The number of benzene rings is 1. The van der Waals surface area contributed by atoms with Crippen molar-refractivity contribution in [2.45, 2.75) is 19.5 Å². The molecule has 2 rings (SSSR count). The van der Waals surface area contributed by atoms with Crippen LogP contribution < -0.4 is 10.5 Å². The molecule has 4 nitrogen and oxygen atoms in total. The molecule has 0 atom stereocenters. The van der Waals surface area contributed by atoms with Gasteiger partial charge in [0.1, 0.15) is 5.75 Å². The van der Waals surface area contributed by atoms with E-state index in [1.165, 1.54) is 0 Å². The Morgan fingerprint density at radius 2 is 2.06 bits per heavy atom. The molecule has 18 heavy (non-hydrogen) atoms. The number of rotatable bonds is 6. The fraction of sp³-hybridized carbons (Fsp3) is 0.308. The van der Waals surface area contributed by atoms with Gasteiger partial charge in [0.05, 0.1) is 16.4 Å². The molecule has 0 amide bonds. The van der Waals surface area contributed by atoms with Crippen LogP contribution in [0.3, 0.4) is 0 Å². The third kappa shape index (κ3) is 3.99. The van der Waals surface area contributed by atoms with Gasteiger partial charge in [0, 0.05) is 25.7 Å². The van der Waals surface area contributed by atoms with Gasteiger partial charge in [-0.2, -0.15) is 5.10 Å². The quantitative estimate of drug-likeness (QED) is 0.638. The van der Waals surface area contributed by atoms with Crippen LogP contribution in [0, 0.1) is 3.57 Å². The van der Waals surface area contributed by atoms with Crippen molar-refractivity contribution >= 4 is 22.6 Å². The number of hydrogen-bond donors (Lipinski definition) is 1. The monoisotopic (exact) mass is 357 g/mol. The molecular formula is C13H16IN3O. The summed E-state index contributed by atoms with van der Waals surface area (Å²) in [5.74, 6) is 0.891. The first-order valence-electron chi connectivity index (χ1n) is 5.87. The second-order valence-electron chi connectivity index (χ2n) is 3.97. The van der Waals surface area contributed by atoms with E-state index >= 15 is 0 Å². The minimum Gasteiger partial charge on any atom is -0.494 e. The maximum atomic E-state index is 5.65. The van der Waals surface area contributed by atoms with E-state index in [2.05, 4.69) is 27.7 Å².